The molecule has 7 aromatic carbocycles. The summed E-state index contributed by atoms with van der Waals surface area (Å²) in [5.41, 5.74) is 32.7. The molecule has 2 atom stereocenters. The maximum absolute atomic E-state index is 7.20. The Morgan fingerprint density at radius 2 is 0.871 bits per heavy atom. The standard InChI is InChI=1S/C68H46O2/c1-67(2)51-33-50-52(34-49(51)63-53(67)31-47(61-45-15-5-7-17-55(45)69-65(61)63)41-27-23-39-21-19-35-11-9-13-37-25-29-43(41)59(39)57(35)37)68(3,4)54-32-48(62-46-16-6-8-18-56(46)70-66(62)64(50)54)42-28-24-40-22-20-36-12-10-14-38-26-30-44(42)60(40)58(36)38/h5-18,21-34,59-60H,19-20H2,1-4H3. The molecule has 0 spiro atoms. The van der Waals surface area contributed by atoms with Gasteiger partial charge in [0.25, 0.3) is 0 Å². The van der Waals surface area contributed by atoms with Crippen molar-refractivity contribution in [2.45, 2.75) is 63.2 Å². The molecule has 8 aliphatic rings. The van der Waals surface area contributed by atoms with Crippen LogP contribution in [0, 0.1) is 0 Å². The zero-order chi connectivity index (χ0) is 46.1. The predicted octanol–water partition coefficient (Wildman–Crippen LogP) is 17.3. The van der Waals surface area contributed by atoms with Gasteiger partial charge in [-0.25, -0.2) is 0 Å². The maximum atomic E-state index is 7.20. The summed E-state index contributed by atoms with van der Waals surface area (Å²) in [6.45, 7) is 9.73. The summed E-state index contributed by atoms with van der Waals surface area (Å²) in [6, 6.07) is 41.2. The summed E-state index contributed by atoms with van der Waals surface area (Å²) in [5.74, 6) is 0.461. The van der Waals surface area contributed by atoms with E-state index in [0.29, 0.717) is 0 Å². The lowest BCUT2D eigenvalue weighted by atomic mass is 9.68. The Morgan fingerprint density at radius 3 is 1.34 bits per heavy atom. The van der Waals surface area contributed by atoms with Crippen LogP contribution in [0.4, 0.5) is 0 Å². The van der Waals surface area contributed by atoms with E-state index < -0.39 is 0 Å². The second-order valence-electron chi connectivity index (χ2n) is 22.1. The lowest BCUT2D eigenvalue weighted by molar-refractivity contribution is 0.648. The third kappa shape index (κ3) is 4.49. The number of hydrogen-bond donors (Lipinski definition) is 0. The number of hydrogen-bond acceptors (Lipinski definition) is 2. The highest BCUT2D eigenvalue weighted by molar-refractivity contribution is 6.20. The quantitative estimate of drug-likeness (QED) is 0.173. The van der Waals surface area contributed by atoms with E-state index in [-0.39, 0.29) is 22.7 Å². The van der Waals surface area contributed by atoms with Gasteiger partial charge < -0.3 is 8.83 Å². The van der Waals surface area contributed by atoms with Crippen LogP contribution in [0.2, 0.25) is 0 Å². The molecular weight excluding hydrogens is 849 g/mol. The number of allylic oxidation sites excluding steroid dienone is 14. The van der Waals surface area contributed by atoms with Gasteiger partial charge >= 0.3 is 0 Å². The zero-order valence-electron chi connectivity index (χ0n) is 39.6. The molecule has 0 bridgehead atoms. The summed E-state index contributed by atoms with van der Waals surface area (Å²) >= 11 is 0. The molecule has 0 fully saturated rings. The minimum absolute atomic E-state index is 0.230. The molecule has 0 saturated carbocycles. The van der Waals surface area contributed by atoms with Crippen molar-refractivity contribution in [1.82, 2.24) is 0 Å². The summed E-state index contributed by atoms with van der Waals surface area (Å²) in [5, 5.41) is 4.74. The predicted molar refractivity (Wildman–Crippen MR) is 288 cm³/mol. The number of furan rings is 2. The van der Waals surface area contributed by atoms with Crippen molar-refractivity contribution in [2.75, 3.05) is 0 Å². The van der Waals surface area contributed by atoms with E-state index in [0.717, 1.165) is 45.9 Å². The molecule has 0 saturated heterocycles. The van der Waals surface area contributed by atoms with Crippen molar-refractivity contribution in [1.29, 1.82) is 0 Å². The van der Waals surface area contributed by atoms with Gasteiger partial charge in [0.15, 0.2) is 0 Å². The van der Waals surface area contributed by atoms with Gasteiger partial charge in [-0.15, -0.1) is 0 Å². The van der Waals surface area contributed by atoms with Gasteiger partial charge in [-0.1, -0.05) is 161 Å². The van der Waals surface area contributed by atoms with Crippen molar-refractivity contribution < 1.29 is 8.83 Å². The summed E-state index contributed by atoms with van der Waals surface area (Å²) < 4.78 is 14.4. The summed E-state index contributed by atoms with van der Waals surface area (Å²) in [7, 11) is 0. The van der Waals surface area contributed by atoms with Gasteiger partial charge in [-0.3, -0.25) is 0 Å². The third-order valence-electron chi connectivity index (χ3n) is 18.1. The van der Waals surface area contributed by atoms with E-state index in [1.165, 1.54) is 133 Å². The molecule has 2 nitrogen and oxygen atoms in total. The highest BCUT2D eigenvalue weighted by Gasteiger charge is 2.46. The van der Waals surface area contributed by atoms with Crippen LogP contribution in [-0.2, 0) is 23.7 Å². The van der Waals surface area contributed by atoms with E-state index in [4.69, 9.17) is 8.83 Å². The largest absolute Gasteiger partial charge is 0.455 e. The summed E-state index contributed by atoms with van der Waals surface area (Å²) in [4.78, 5) is 0. The first-order valence-electron chi connectivity index (χ1n) is 25.2. The minimum atomic E-state index is -0.323. The van der Waals surface area contributed by atoms with Crippen molar-refractivity contribution in [2.24, 2.45) is 0 Å². The van der Waals surface area contributed by atoms with Crippen LogP contribution >= 0.6 is 0 Å². The highest BCUT2D eigenvalue weighted by Crippen LogP contribution is 2.62. The number of para-hydroxylation sites is 2. The van der Waals surface area contributed by atoms with E-state index in [1.54, 1.807) is 0 Å². The zero-order valence-corrected chi connectivity index (χ0v) is 39.6. The number of fused-ring (bicyclic) bond motifs is 14. The molecule has 0 N–H and O–H groups in total. The fourth-order valence-corrected chi connectivity index (χ4v) is 14.8. The molecule has 8 aliphatic carbocycles. The molecular formula is C68H46O2. The topological polar surface area (TPSA) is 26.3 Å². The SMILES string of the molecule is CC1(C)c2cc3c(cc2-c2c1cc(C1=C4C=Cc5cccc6c5C4C(=CC6)C=C1)c1c2oc2ccccc21)C(C)(C)c1cc(C2=C4C=Cc5cccc6c5C4C(=CC6)C=C2)c2c(oc4ccccc42)c1-3. The van der Waals surface area contributed by atoms with Crippen LogP contribution in [0.3, 0.4) is 0 Å². The first-order valence-corrected chi connectivity index (χ1v) is 25.2. The molecule has 0 amide bonds. The molecule has 0 radical (unpaired) electrons. The molecule has 2 heterocycles. The average Bonchev–Trinajstić information content (AvgIpc) is 4.09. The molecule has 2 unspecified atom stereocenters. The Balaban J connectivity index is 0.903. The first-order chi connectivity index (χ1) is 34.2. The van der Waals surface area contributed by atoms with Crippen LogP contribution in [0.15, 0.2) is 189 Å². The maximum Gasteiger partial charge on any atom is 0.144 e. The van der Waals surface area contributed by atoms with Crippen LogP contribution < -0.4 is 0 Å². The van der Waals surface area contributed by atoms with Crippen molar-refractivity contribution in [3.05, 3.63) is 247 Å². The van der Waals surface area contributed by atoms with E-state index in [2.05, 4.69) is 198 Å². The molecule has 70 heavy (non-hydrogen) atoms. The van der Waals surface area contributed by atoms with Crippen LogP contribution in [0.5, 0.6) is 0 Å². The van der Waals surface area contributed by atoms with Crippen LogP contribution in [0.25, 0.3) is 89.4 Å². The Labute approximate surface area is 406 Å². The van der Waals surface area contributed by atoms with Crippen LogP contribution in [0.1, 0.15) is 106 Å². The molecule has 17 rings (SSSR count). The van der Waals surface area contributed by atoms with Gasteiger partial charge in [0.05, 0.1) is 0 Å². The highest BCUT2D eigenvalue weighted by atomic mass is 16.3. The smallest absolute Gasteiger partial charge is 0.144 e. The van der Waals surface area contributed by atoms with Gasteiger partial charge in [0.1, 0.15) is 22.3 Å². The van der Waals surface area contributed by atoms with Gasteiger partial charge in [0.2, 0.25) is 0 Å². The fourth-order valence-electron chi connectivity index (χ4n) is 14.8. The third-order valence-corrected chi connectivity index (χ3v) is 18.1. The molecule has 2 aromatic heterocycles. The van der Waals surface area contributed by atoms with E-state index in [9.17, 15) is 0 Å². The second kappa shape index (κ2) is 12.6. The Morgan fingerprint density at radius 1 is 0.429 bits per heavy atom. The van der Waals surface area contributed by atoms with Crippen LogP contribution in [-0.4, -0.2) is 0 Å². The first kappa shape index (κ1) is 38.0. The lowest BCUT2D eigenvalue weighted by Crippen LogP contribution is -2.19. The number of benzene rings is 7. The fraction of sp³-hybridized carbons (Fsp3) is 0.147. The Hall–Kier alpha value is -7.94. The van der Waals surface area contributed by atoms with E-state index in [1.807, 2.05) is 0 Å². The molecule has 0 aliphatic heterocycles. The second-order valence-corrected chi connectivity index (χ2v) is 22.1. The van der Waals surface area contributed by atoms with Gasteiger partial charge in [-0.2, -0.15) is 0 Å². The van der Waals surface area contributed by atoms with Crippen molar-refractivity contribution >= 4 is 67.2 Å². The summed E-state index contributed by atoms with van der Waals surface area (Å²) in [6.07, 6.45) is 25.9. The molecule has 330 valence electrons. The number of rotatable bonds is 2. The lowest BCUT2D eigenvalue weighted by Gasteiger charge is -2.35. The molecule has 9 aromatic rings. The Bertz CT molecular complexity index is 4050. The minimum Gasteiger partial charge on any atom is -0.455 e. The van der Waals surface area contributed by atoms with Crippen molar-refractivity contribution in [3.63, 3.8) is 0 Å². The van der Waals surface area contributed by atoms with Gasteiger partial charge in [-0.05, 0) is 161 Å². The van der Waals surface area contributed by atoms with E-state index >= 15 is 0 Å². The normalized spacial score (nSPS) is 20.5. The molecule has 2 heteroatoms. The van der Waals surface area contributed by atoms with Crippen molar-refractivity contribution in [3.8, 4) is 22.3 Å². The average molecular weight is 895 g/mol. The Kier molecular flexibility index (Phi) is 6.85. The monoisotopic (exact) mass is 894 g/mol. The van der Waals surface area contributed by atoms with Gasteiger partial charge in [0, 0.05) is 55.3 Å².